The molecule has 1 aliphatic rings. The van der Waals surface area contributed by atoms with E-state index in [2.05, 4.69) is 10.1 Å². The summed E-state index contributed by atoms with van der Waals surface area (Å²) < 4.78 is 36.9. The zero-order valence-electron chi connectivity index (χ0n) is 14.5. The third kappa shape index (κ3) is 4.01. The van der Waals surface area contributed by atoms with Crippen LogP contribution < -0.4 is 4.74 Å². The van der Waals surface area contributed by atoms with Crippen molar-refractivity contribution in [1.82, 2.24) is 14.4 Å². The Labute approximate surface area is 148 Å². The van der Waals surface area contributed by atoms with Gasteiger partial charge in [0.05, 0.1) is 18.6 Å². The van der Waals surface area contributed by atoms with Gasteiger partial charge in [-0.1, -0.05) is 24.4 Å². The molecule has 136 valence electrons. The summed E-state index contributed by atoms with van der Waals surface area (Å²) in [6.45, 7) is 0.0740. The molecular weight excluding hydrogens is 342 g/mol. The summed E-state index contributed by atoms with van der Waals surface area (Å²) in [5.41, 5.74) is 0. The number of hydrogen-bond acceptors (Lipinski definition) is 6. The molecule has 0 aliphatic heterocycles. The fraction of sp³-hybridized carbons (Fsp3) is 0.529. The van der Waals surface area contributed by atoms with Crippen molar-refractivity contribution in [3.63, 3.8) is 0 Å². The smallest absolute Gasteiger partial charge is 0.243 e. The topological polar surface area (TPSA) is 85.5 Å². The molecule has 1 aromatic carbocycles. The standard InChI is InChI=1S/C17H23N3O4S/c1-20(25(21,22)15-10-8-14(23-2)9-11-15)12-16-18-17(24-19-16)13-6-4-3-5-7-13/h8-11,13H,3-7,12H2,1-2H3. The normalized spacial score (nSPS) is 16.3. The maximum Gasteiger partial charge on any atom is 0.243 e. The fourth-order valence-electron chi connectivity index (χ4n) is 3.06. The van der Waals surface area contributed by atoms with E-state index in [4.69, 9.17) is 9.26 Å². The average molecular weight is 365 g/mol. The molecular formula is C17H23N3O4S. The summed E-state index contributed by atoms with van der Waals surface area (Å²) in [6.07, 6.45) is 5.71. The minimum atomic E-state index is -3.62. The Balaban J connectivity index is 1.70. The molecule has 0 amide bonds. The van der Waals surface area contributed by atoms with Crippen molar-refractivity contribution in [2.45, 2.75) is 49.5 Å². The first-order chi connectivity index (χ1) is 12.0. The van der Waals surface area contributed by atoms with Crippen LogP contribution in [0.2, 0.25) is 0 Å². The predicted octanol–water partition coefficient (Wildman–Crippen LogP) is 2.95. The quantitative estimate of drug-likeness (QED) is 0.782. The summed E-state index contributed by atoms with van der Waals surface area (Å²) in [6, 6.07) is 6.29. The Morgan fingerprint density at radius 1 is 1.20 bits per heavy atom. The van der Waals surface area contributed by atoms with E-state index < -0.39 is 10.0 Å². The van der Waals surface area contributed by atoms with Crippen molar-refractivity contribution >= 4 is 10.0 Å². The van der Waals surface area contributed by atoms with E-state index >= 15 is 0 Å². The van der Waals surface area contributed by atoms with Crippen molar-refractivity contribution in [3.05, 3.63) is 36.0 Å². The van der Waals surface area contributed by atoms with Crippen molar-refractivity contribution in [2.24, 2.45) is 0 Å². The Morgan fingerprint density at radius 3 is 2.52 bits per heavy atom. The highest BCUT2D eigenvalue weighted by Gasteiger charge is 2.25. The summed E-state index contributed by atoms with van der Waals surface area (Å²) in [4.78, 5) is 4.61. The molecule has 0 saturated heterocycles. The summed E-state index contributed by atoms with van der Waals surface area (Å²) in [7, 11) is -0.574. The first-order valence-electron chi connectivity index (χ1n) is 8.43. The van der Waals surface area contributed by atoms with Crippen LogP contribution in [0.3, 0.4) is 0 Å². The van der Waals surface area contributed by atoms with Gasteiger partial charge in [0, 0.05) is 13.0 Å². The van der Waals surface area contributed by atoms with E-state index in [-0.39, 0.29) is 11.4 Å². The second-order valence-corrected chi connectivity index (χ2v) is 8.37. The highest BCUT2D eigenvalue weighted by molar-refractivity contribution is 7.89. The minimum absolute atomic E-state index is 0.0740. The third-order valence-electron chi connectivity index (χ3n) is 4.57. The summed E-state index contributed by atoms with van der Waals surface area (Å²) in [5.74, 6) is 1.93. The van der Waals surface area contributed by atoms with Gasteiger partial charge in [0.2, 0.25) is 15.9 Å². The zero-order valence-corrected chi connectivity index (χ0v) is 15.3. The zero-order chi connectivity index (χ0) is 17.9. The monoisotopic (exact) mass is 365 g/mol. The van der Waals surface area contributed by atoms with Crippen LogP contribution in [0.15, 0.2) is 33.7 Å². The summed E-state index contributed by atoms with van der Waals surface area (Å²) in [5, 5.41) is 3.95. The molecule has 0 spiro atoms. The molecule has 0 unspecified atom stereocenters. The van der Waals surface area contributed by atoms with Crippen molar-refractivity contribution < 1.29 is 17.7 Å². The third-order valence-corrected chi connectivity index (χ3v) is 6.39. The van der Waals surface area contributed by atoms with Crippen LogP contribution in [0, 0.1) is 0 Å². The molecule has 8 heteroatoms. The highest BCUT2D eigenvalue weighted by atomic mass is 32.2. The lowest BCUT2D eigenvalue weighted by Gasteiger charge is -2.17. The molecule has 7 nitrogen and oxygen atoms in total. The lowest BCUT2D eigenvalue weighted by Crippen LogP contribution is -2.27. The van der Waals surface area contributed by atoms with Crippen LogP contribution in [0.5, 0.6) is 5.75 Å². The molecule has 0 bridgehead atoms. The van der Waals surface area contributed by atoms with Gasteiger partial charge in [-0.25, -0.2) is 8.42 Å². The van der Waals surface area contributed by atoms with Gasteiger partial charge in [-0.15, -0.1) is 0 Å². The van der Waals surface area contributed by atoms with Crippen molar-refractivity contribution in [3.8, 4) is 5.75 Å². The fourth-order valence-corrected chi connectivity index (χ4v) is 4.18. The SMILES string of the molecule is COc1ccc(S(=O)(=O)N(C)Cc2noc(C3CCCCC3)n2)cc1. The van der Waals surface area contributed by atoms with Crippen LogP contribution >= 0.6 is 0 Å². The molecule has 25 heavy (non-hydrogen) atoms. The van der Waals surface area contributed by atoms with E-state index in [1.807, 2.05) is 0 Å². The van der Waals surface area contributed by atoms with Crippen LogP contribution in [-0.2, 0) is 16.6 Å². The number of aromatic nitrogens is 2. The predicted molar refractivity (Wildman–Crippen MR) is 91.8 cm³/mol. The van der Waals surface area contributed by atoms with Crippen LogP contribution in [0.1, 0.15) is 49.7 Å². The minimum Gasteiger partial charge on any atom is -0.497 e. The maximum absolute atomic E-state index is 12.6. The van der Waals surface area contributed by atoms with E-state index in [1.54, 1.807) is 12.1 Å². The first-order valence-corrected chi connectivity index (χ1v) is 9.87. The van der Waals surface area contributed by atoms with Crippen LogP contribution in [0.25, 0.3) is 0 Å². The lowest BCUT2D eigenvalue weighted by atomic mass is 9.89. The molecule has 2 aromatic rings. The number of hydrogen-bond donors (Lipinski definition) is 0. The molecule has 1 aromatic heterocycles. The number of ether oxygens (including phenoxy) is 1. The largest absolute Gasteiger partial charge is 0.497 e. The molecule has 3 rings (SSSR count). The second kappa shape index (κ2) is 7.53. The van der Waals surface area contributed by atoms with Crippen LogP contribution in [-0.4, -0.2) is 37.0 Å². The van der Waals surface area contributed by atoms with Gasteiger partial charge in [-0.05, 0) is 37.1 Å². The molecule has 0 N–H and O–H groups in total. The van der Waals surface area contributed by atoms with Crippen molar-refractivity contribution in [2.75, 3.05) is 14.2 Å². The number of rotatable bonds is 6. The molecule has 1 fully saturated rings. The van der Waals surface area contributed by atoms with Gasteiger partial charge >= 0.3 is 0 Å². The Morgan fingerprint density at radius 2 is 1.88 bits per heavy atom. The van der Waals surface area contributed by atoms with Crippen LogP contribution in [0.4, 0.5) is 0 Å². The van der Waals surface area contributed by atoms with E-state index in [0.717, 1.165) is 12.8 Å². The Bertz CT molecular complexity index is 796. The van der Waals surface area contributed by atoms with Crippen molar-refractivity contribution in [1.29, 1.82) is 0 Å². The van der Waals surface area contributed by atoms with E-state index in [9.17, 15) is 8.42 Å². The average Bonchev–Trinajstić information content (AvgIpc) is 3.11. The molecule has 1 saturated carbocycles. The highest BCUT2D eigenvalue weighted by Crippen LogP contribution is 2.31. The maximum atomic E-state index is 12.6. The second-order valence-electron chi connectivity index (χ2n) is 6.32. The van der Waals surface area contributed by atoms with Gasteiger partial charge in [0.1, 0.15) is 5.75 Å². The van der Waals surface area contributed by atoms with E-state index in [0.29, 0.717) is 23.4 Å². The number of nitrogens with zero attached hydrogens (tertiary/aromatic N) is 3. The number of benzene rings is 1. The Kier molecular flexibility index (Phi) is 5.39. The van der Waals surface area contributed by atoms with Gasteiger partial charge in [-0.3, -0.25) is 0 Å². The van der Waals surface area contributed by atoms with Gasteiger partial charge in [0.15, 0.2) is 5.82 Å². The van der Waals surface area contributed by atoms with E-state index in [1.165, 1.54) is 49.9 Å². The molecule has 1 aliphatic carbocycles. The number of methoxy groups -OCH3 is 1. The van der Waals surface area contributed by atoms with Gasteiger partial charge < -0.3 is 9.26 Å². The number of sulfonamides is 1. The lowest BCUT2D eigenvalue weighted by molar-refractivity contribution is 0.310. The summed E-state index contributed by atoms with van der Waals surface area (Å²) >= 11 is 0. The Hall–Kier alpha value is -1.93. The molecule has 1 heterocycles. The van der Waals surface area contributed by atoms with Gasteiger partial charge in [-0.2, -0.15) is 9.29 Å². The van der Waals surface area contributed by atoms with Gasteiger partial charge in [0.25, 0.3) is 0 Å². The molecule has 0 atom stereocenters. The first kappa shape index (κ1) is 17.9. The molecule has 0 radical (unpaired) electrons.